The van der Waals surface area contributed by atoms with E-state index < -0.39 is 0 Å². The van der Waals surface area contributed by atoms with Crippen LogP contribution < -0.4 is 19.9 Å². The molecule has 0 amide bonds. The van der Waals surface area contributed by atoms with Crippen LogP contribution in [0.1, 0.15) is 12.8 Å². The minimum atomic E-state index is 0.165. The third-order valence-electron chi connectivity index (χ3n) is 6.63. The Morgan fingerprint density at radius 1 is 0.933 bits per heavy atom. The normalized spacial score (nSPS) is 20.8. The van der Waals surface area contributed by atoms with Crippen LogP contribution in [0.3, 0.4) is 0 Å². The second-order valence-corrected chi connectivity index (χ2v) is 8.81. The fraction of sp³-hybridized carbons (Fsp3) is 0.435. The third kappa shape index (κ3) is 3.13. The molecule has 3 saturated heterocycles. The maximum atomic E-state index is 6.34. The van der Waals surface area contributed by atoms with Gasteiger partial charge in [-0.05, 0) is 18.2 Å². The van der Waals surface area contributed by atoms with Gasteiger partial charge >= 0.3 is 0 Å². The zero-order valence-electron chi connectivity index (χ0n) is 17.0. The van der Waals surface area contributed by atoms with Gasteiger partial charge < -0.3 is 19.9 Å². The Balaban J connectivity index is 1.10. The van der Waals surface area contributed by atoms with Crippen molar-refractivity contribution in [3.63, 3.8) is 0 Å². The van der Waals surface area contributed by atoms with Gasteiger partial charge in [0.1, 0.15) is 11.9 Å². The Bertz CT molecular complexity index is 1050. The number of pyridine rings is 1. The number of anilines is 2. The summed E-state index contributed by atoms with van der Waals surface area (Å²) in [6.45, 7) is 6.18. The van der Waals surface area contributed by atoms with Crippen molar-refractivity contribution >= 4 is 22.5 Å². The van der Waals surface area contributed by atoms with E-state index in [9.17, 15) is 0 Å². The van der Waals surface area contributed by atoms with Crippen LogP contribution >= 0.6 is 0 Å². The van der Waals surface area contributed by atoms with Crippen LogP contribution in [-0.2, 0) is 0 Å². The van der Waals surface area contributed by atoms with Crippen molar-refractivity contribution in [2.45, 2.75) is 18.9 Å². The van der Waals surface area contributed by atoms with Crippen LogP contribution in [0.5, 0.6) is 5.88 Å². The van der Waals surface area contributed by atoms with Crippen LogP contribution in [0.25, 0.3) is 10.9 Å². The van der Waals surface area contributed by atoms with Crippen LogP contribution in [0.15, 0.2) is 48.8 Å². The monoisotopic (exact) mass is 402 g/mol. The smallest absolute Gasteiger partial charge is 0.257 e. The van der Waals surface area contributed by atoms with Crippen molar-refractivity contribution in [1.82, 2.24) is 20.3 Å². The fourth-order valence-corrected chi connectivity index (χ4v) is 4.83. The van der Waals surface area contributed by atoms with E-state index in [2.05, 4.69) is 55.4 Å². The molecular formula is C23H26N6O. The van der Waals surface area contributed by atoms with Crippen LogP contribution in [0.2, 0.25) is 0 Å². The second kappa shape index (κ2) is 7.09. The largest absolute Gasteiger partial charge is 0.472 e. The van der Waals surface area contributed by atoms with Crippen LogP contribution in [0.4, 0.5) is 11.6 Å². The van der Waals surface area contributed by atoms with E-state index in [0.717, 1.165) is 69.3 Å². The highest BCUT2D eigenvalue weighted by atomic mass is 16.5. The van der Waals surface area contributed by atoms with E-state index in [1.165, 1.54) is 5.39 Å². The zero-order chi connectivity index (χ0) is 20.0. The van der Waals surface area contributed by atoms with E-state index in [4.69, 9.17) is 9.72 Å². The molecular weight excluding hydrogens is 376 g/mol. The van der Waals surface area contributed by atoms with Crippen molar-refractivity contribution in [1.29, 1.82) is 0 Å². The molecule has 30 heavy (non-hydrogen) atoms. The van der Waals surface area contributed by atoms with Crippen molar-refractivity contribution < 1.29 is 4.74 Å². The minimum Gasteiger partial charge on any atom is -0.472 e. The Kier molecular flexibility index (Phi) is 4.23. The SMILES string of the molecule is c1ccc2nc(N3CCC(Oc4nccnc4N4CC5(CNC5)C4)CC3)ccc2c1. The van der Waals surface area contributed by atoms with Gasteiger partial charge in [-0.15, -0.1) is 0 Å². The van der Waals surface area contributed by atoms with E-state index >= 15 is 0 Å². The standard InChI is InChI=1S/C23H26N6O/c1-2-4-19-17(3-1)5-6-20(27-19)28-11-7-18(8-12-28)30-22-21(25-9-10-26-22)29-15-23(16-29)13-24-14-23/h1-6,9-10,18,24H,7-8,11-16H2. The van der Waals surface area contributed by atoms with Gasteiger partial charge in [-0.1, -0.05) is 18.2 Å². The molecule has 0 saturated carbocycles. The molecule has 5 heterocycles. The summed E-state index contributed by atoms with van der Waals surface area (Å²) in [5.74, 6) is 2.63. The van der Waals surface area contributed by atoms with Gasteiger partial charge in [0.15, 0.2) is 5.82 Å². The maximum absolute atomic E-state index is 6.34. The number of aromatic nitrogens is 3. The van der Waals surface area contributed by atoms with Crippen LogP contribution in [-0.4, -0.2) is 60.3 Å². The highest BCUT2D eigenvalue weighted by molar-refractivity contribution is 5.80. The first kappa shape index (κ1) is 17.9. The first-order chi connectivity index (χ1) is 14.8. The predicted molar refractivity (Wildman–Crippen MR) is 117 cm³/mol. The molecule has 7 heteroatoms. The van der Waals surface area contributed by atoms with E-state index in [1.54, 1.807) is 12.4 Å². The summed E-state index contributed by atoms with van der Waals surface area (Å²) in [4.78, 5) is 18.6. The van der Waals surface area contributed by atoms with E-state index in [0.29, 0.717) is 11.3 Å². The molecule has 2 aromatic heterocycles. The highest BCUT2D eigenvalue weighted by Gasteiger charge is 2.48. The van der Waals surface area contributed by atoms with Crippen LogP contribution in [0, 0.1) is 5.41 Å². The summed E-state index contributed by atoms with van der Waals surface area (Å²) in [5, 5.41) is 4.56. The molecule has 1 spiro atoms. The van der Waals surface area contributed by atoms with Gasteiger partial charge in [-0.25, -0.2) is 15.0 Å². The fourth-order valence-electron chi connectivity index (χ4n) is 4.83. The molecule has 3 fully saturated rings. The average molecular weight is 403 g/mol. The van der Waals surface area contributed by atoms with Gasteiger partial charge in [0.2, 0.25) is 0 Å². The predicted octanol–water partition coefficient (Wildman–Crippen LogP) is 2.48. The summed E-state index contributed by atoms with van der Waals surface area (Å²) in [6, 6.07) is 12.5. The molecule has 3 aromatic rings. The Morgan fingerprint density at radius 3 is 2.53 bits per heavy atom. The first-order valence-corrected chi connectivity index (χ1v) is 10.8. The Hall–Kier alpha value is -2.93. The number of piperidine rings is 1. The highest BCUT2D eigenvalue weighted by Crippen LogP contribution is 2.39. The summed E-state index contributed by atoms with van der Waals surface area (Å²) in [6.07, 6.45) is 5.57. The molecule has 154 valence electrons. The molecule has 1 N–H and O–H groups in total. The molecule has 6 rings (SSSR count). The summed E-state index contributed by atoms with van der Waals surface area (Å²) >= 11 is 0. The lowest BCUT2D eigenvalue weighted by atomic mass is 9.74. The van der Waals surface area contributed by atoms with Gasteiger partial charge in [-0.2, -0.15) is 0 Å². The molecule has 3 aliphatic rings. The number of benzene rings is 1. The van der Waals surface area contributed by atoms with Crippen molar-refractivity contribution in [2.75, 3.05) is 49.1 Å². The average Bonchev–Trinajstić information content (AvgIpc) is 2.73. The number of nitrogens with one attached hydrogen (secondary N) is 1. The second-order valence-electron chi connectivity index (χ2n) is 8.81. The van der Waals surface area contributed by atoms with Gasteiger partial charge in [0.25, 0.3) is 5.88 Å². The minimum absolute atomic E-state index is 0.165. The molecule has 0 aliphatic carbocycles. The molecule has 1 aromatic carbocycles. The lowest BCUT2D eigenvalue weighted by molar-refractivity contribution is 0.116. The first-order valence-electron chi connectivity index (χ1n) is 10.8. The van der Waals surface area contributed by atoms with Gasteiger partial charge in [-0.3, -0.25) is 0 Å². The summed E-state index contributed by atoms with van der Waals surface area (Å²) in [5.41, 5.74) is 1.50. The van der Waals surface area contributed by atoms with Crippen molar-refractivity contribution in [2.24, 2.45) is 5.41 Å². The quantitative estimate of drug-likeness (QED) is 0.719. The maximum Gasteiger partial charge on any atom is 0.257 e. The summed E-state index contributed by atoms with van der Waals surface area (Å²) < 4.78 is 6.34. The zero-order valence-corrected chi connectivity index (χ0v) is 17.0. The third-order valence-corrected chi connectivity index (χ3v) is 6.63. The number of fused-ring (bicyclic) bond motifs is 1. The van der Waals surface area contributed by atoms with Gasteiger partial charge in [0, 0.05) is 75.3 Å². The molecule has 0 bridgehead atoms. The lowest BCUT2D eigenvalue weighted by Gasteiger charge is -2.56. The number of para-hydroxylation sites is 1. The van der Waals surface area contributed by atoms with E-state index in [1.807, 2.05) is 6.07 Å². The topological polar surface area (TPSA) is 66.4 Å². The van der Waals surface area contributed by atoms with E-state index in [-0.39, 0.29) is 6.10 Å². The molecule has 0 atom stereocenters. The molecule has 0 unspecified atom stereocenters. The molecule has 3 aliphatic heterocycles. The number of nitrogens with zero attached hydrogens (tertiary/aromatic N) is 5. The number of hydrogen-bond acceptors (Lipinski definition) is 7. The lowest BCUT2D eigenvalue weighted by Crippen LogP contribution is -2.71. The number of hydrogen-bond donors (Lipinski definition) is 1. The number of ether oxygens (including phenoxy) is 1. The molecule has 0 radical (unpaired) electrons. The van der Waals surface area contributed by atoms with Crippen molar-refractivity contribution in [3.05, 3.63) is 48.8 Å². The Morgan fingerprint density at radius 2 is 1.73 bits per heavy atom. The van der Waals surface area contributed by atoms with Crippen molar-refractivity contribution in [3.8, 4) is 5.88 Å². The van der Waals surface area contributed by atoms with Gasteiger partial charge in [0.05, 0.1) is 5.52 Å². The Labute approximate surface area is 176 Å². The number of rotatable bonds is 4. The molecule has 7 nitrogen and oxygen atoms in total. The summed E-state index contributed by atoms with van der Waals surface area (Å²) in [7, 11) is 0.